The van der Waals surface area contributed by atoms with Gasteiger partial charge in [0, 0.05) is 23.7 Å². The Morgan fingerprint density at radius 1 is 0.855 bits per heavy atom. The van der Waals surface area contributed by atoms with Crippen molar-refractivity contribution in [1.29, 1.82) is 0 Å². The molecule has 14 nitrogen and oxygen atoms in total. The van der Waals surface area contributed by atoms with Crippen molar-refractivity contribution in [2.24, 2.45) is 0 Å². The lowest BCUT2D eigenvalue weighted by Crippen LogP contribution is -2.67. The summed E-state index contributed by atoms with van der Waals surface area (Å²) in [5, 5.41) is 70.7. The number of phenolic OH excluding ortho intramolecular Hbond substituents is 1. The van der Waals surface area contributed by atoms with E-state index in [4.69, 9.17) is 46.9 Å². The molecule has 55 heavy (non-hydrogen) atoms. The molecule has 0 unspecified atom stereocenters. The molecular formula is C39H44Cl2N2O12. The second kappa shape index (κ2) is 18.0. The number of aromatic hydroxyl groups is 1. The molecule has 1 aliphatic carbocycles. The fourth-order valence-electron chi connectivity index (χ4n) is 6.65. The Morgan fingerprint density at radius 2 is 1.56 bits per heavy atom. The molecule has 2 saturated heterocycles. The van der Waals surface area contributed by atoms with Gasteiger partial charge in [0.1, 0.15) is 68.0 Å². The van der Waals surface area contributed by atoms with Gasteiger partial charge in [-0.1, -0.05) is 47.5 Å². The predicted molar refractivity (Wildman–Crippen MR) is 200 cm³/mol. The van der Waals surface area contributed by atoms with Gasteiger partial charge in [-0.3, -0.25) is 4.79 Å². The topological polar surface area (TPSA) is 209 Å². The Bertz CT molecular complexity index is 1890. The fourth-order valence-corrected chi connectivity index (χ4v) is 7.12. The molecule has 3 aromatic carbocycles. The average molecular weight is 804 g/mol. The van der Waals surface area contributed by atoms with Gasteiger partial charge < -0.3 is 65.0 Å². The third-order valence-electron chi connectivity index (χ3n) is 9.73. The number of aliphatic hydroxyl groups excluding tert-OH is 5. The van der Waals surface area contributed by atoms with Gasteiger partial charge in [-0.15, -0.1) is 0 Å². The average Bonchev–Trinajstić information content (AvgIpc) is 3.76. The number of carbonyl (C=O) groups excluding carboxylic acids is 1. The Kier molecular flexibility index (Phi) is 13.4. The van der Waals surface area contributed by atoms with E-state index in [0.29, 0.717) is 40.0 Å². The molecule has 3 aromatic rings. The molecule has 3 aliphatic rings. The maximum absolute atomic E-state index is 12.9. The quantitative estimate of drug-likeness (QED) is 0.0925. The van der Waals surface area contributed by atoms with Crippen LogP contribution in [0.3, 0.4) is 0 Å². The third-order valence-corrected chi connectivity index (χ3v) is 10.3. The van der Waals surface area contributed by atoms with E-state index in [1.54, 1.807) is 25.1 Å². The summed E-state index contributed by atoms with van der Waals surface area (Å²) in [7, 11) is 0. The summed E-state index contributed by atoms with van der Waals surface area (Å²) in [4.78, 5) is 12.9. The first-order chi connectivity index (χ1) is 26.3. The van der Waals surface area contributed by atoms with Gasteiger partial charge in [-0.05, 0) is 84.7 Å². The molecular weight excluding hydrogens is 759 g/mol. The molecule has 0 bridgehead atoms. The lowest BCUT2D eigenvalue weighted by Gasteiger charge is -2.41. The summed E-state index contributed by atoms with van der Waals surface area (Å²) >= 11 is 12.5. The van der Waals surface area contributed by atoms with Crippen molar-refractivity contribution < 1.29 is 59.1 Å². The fraction of sp³-hybridized carbons (Fsp3) is 0.410. The second-order valence-corrected chi connectivity index (χ2v) is 14.5. The second-order valence-electron chi connectivity index (χ2n) is 13.7. The zero-order valence-corrected chi connectivity index (χ0v) is 31.4. The van der Waals surface area contributed by atoms with Crippen LogP contribution in [0.5, 0.6) is 17.2 Å². The van der Waals surface area contributed by atoms with Gasteiger partial charge >= 0.3 is 0 Å². The zero-order valence-electron chi connectivity index (χ0n) is 29.9. The van der Waals surface area contributed by atoms with Gasteiger partial charge in [0.05, 0.1) is 11.1 Å². The first-order valence-electron chi connectivity index (χ1n) is 17.6. The van der Waals surface area contributed by atoms with E-state index in [0.717, 1.165) is 11.1 Å². The number of carbonyl (C=O) groups is 1. The smallest absolute Gasteiger partial charge is 0.247 e. The number of benzene rings is 3. The van der Waals surface area contributed by atoms with Crippen LogP contribution >= 0.6 is 23.2 Å². The minimum atomic E-state index is -1.50. The summed E-state index contributed by atoms with van der Waals surface area (Å²) in [5.41, 5.74) is 3.17. The number of aliphatic hydroxyl groups is 5. The number of amides is 1. The summed E-state index contributed by atoms with van der Waals surface area (Å²) in [6.45, 7) is 4.39. The van der Waals surface area contributed by atoms with E-state index < -0.39 is 67.1 Å². The number of halogens is 2. The van der Waals surface area contributed by atoms with Crippen molar-refractivity contribution >= 4 is 35.2 Å². The minimum Gasteiger partial charge on any atom is -0.504 e. The van der Waals surface area contributed by atoms with Crippen molar-refractivity contribution in [2.75, 3.05) is 13.4 Å². The highest BCUT2D eigenvalue weighted by Gasteiger charge is 2.53. The number of ether oxygens (including phenoxy) is 5. The van der Waals surface area contributed by atoms with E-state index in [-0.39, 0.29) is 30.5 Å². The van der Waals surface area contributed by atoms with E-state index >= 15 is 0 Å². The van der Waals surface area contributed by atoms with Gasteiger partial charge in [0.2, 0.25) is 12.2 Å². The molecule has 0 aromatic heterocycles. The molecule has 1 amide bonds. The maximum atomic E-state index is 12.9. The highest BCUT2D eigenvalue weighted by atomic mass is 35.5. The number of rotatable bonds is 13. The molecule has 2 heterocycles. The lowest BCUT2D eigenvalue weighted by atomic mass is 9.83. The van der Waals surface area contributed by atoms with Crippen molar-refractivity contribution in [1.82, 2.24) is 10.6 Å². The van der Waals surface area contributed by atoms with Crippen molar-refractivity contribution in [3.8, 4) is 17.2 Å². The van der Waals surface area contributed by atoms with Gasteiger partial charge in [0.25, 0.3) is 0 Å². The highest BCUT2D eigenvalue weighted by molar-refractivity contribution is 6.32. The normalized spacial score (nSPS) is 29.5. The van der Waals surface area contributed by atoms with Crippen LogP contribution < -0.4 is 20.1 Å². The van der Waals surface area contributed by atoms with Crippen LogP contribution in [0.25, 0.3) is 6.08 Å². The molecule has 1 saturated carbocycles. The minimum absolute atomic E-state index is 0.0466. The SMILES string of the molecule is CC(=Cc1ccc(O[C@@H]2O[C@H](C(C)=CCOc3ccc(CNCc4cccc(Cl)c4)cc3Cl)[C@@H](O)[C@@H]2O)c(O)c1)C(=O)N[C@@H]1[C@H](O)[C@@H](O)[C@H]2OCO[C@H]2[C@@H]1O. The standard InChI is InChI=1S/C39H44Cl2N2O12/c1-19(10-11-51-27-8-7-23(14-25(27)41)17-42-16-22-4-3-5-24(40)13-22)35-33(48)34(49)39(55-35)54-28-9-6-21(15-26(28)44)12-20(2)38(50)43-29-30(45)32(47)37-36(31(29)46)52-18-53-37/h3-10,12-15,29-37,39,42,44-49H,11,16-18H2,1-2H3,(H,43,50)/t29-,30+,31-,32-,33+,34+,35-,36+,37-,39-/m1/s1. The molecule has 2 aliphatic heterocycles. The first-order valence-corrected chi connectivity index (χ1v) is 18.4. The number of hydrogen-bond acceptors (Lipinski definition) is 13. The molecule has 6 rings (SSSR count). The number of phenols is 1. The van der Waals surface area contributed by atoms with Crippen LogP contribution in [-0.2, 0) is 32.1 Å². The Balaban J connectivity index is 0.993. The number of nitrogens with one attached hydrogen (secondary N) is 2. The van der Waals surface area contributed by atoms with Crippen LogP contribution in [0.2, 0.25) is 10.0 Å². The number of hydrogen-bond donors (Lipinski definition) is 8. The molecule has 10 atom stereocenters. The van der Waals surface area contributed by atoms with Crippen LogP contribution in [0.4, 0.5) is 0 Å². The van der Waals surface area contributed by atoms with E-state index in [1.807, 2.05) is 36.4 Å². The first kappa shape index (κ1) is 40.9. The lowest BCUT2D eigenvalue weighted by molar-refractivity contribution is -0.155. The Hall–Kier alpha value is -3.77. The number of fused-ring (bicyclic) bond motifs is 1. The van der Waals surface area contributed by atoms with E-state index in [1.165, 1.54) is 25.1 Å². The summed E-state index contributed by atoms with van der Waals surface area (Å²) < 4.78 is 28.0. The molecule has 0 radical (unpaired) electrons. The van der Waals surface area contributed by atoms with Gasteiger partial charge in [-0.25, -0.2) is 0 Å². The van der Waals surface area contributed by atoms with Crippen LogP contribution in [0, 0.1) is 0 Å². The summed E-state index contributed by atoms with van der Waals surface area (Å²) in [6.07, 6.45) is -7.94. The van der Waals surface area contributed by atoms with E-state index in [2.05, 4.69) is 10.6 Å². The molecule has 3 fully saturated rings. The van der Waals surface area contributed by atoms with E-state index in [9.17, 15) is 35.4 Å². The van der Waals surface area contributed by atoms with Crippen molar-refractivity contribution in [2.45, 2.75) is 88.1 Å². The van der Waals surface area contributed by atoms with Crippen LogP contribution in [0.15, 0.2) is 77.9 Å². The Labute approximate surface area is 327 Å². The summed E-state index contributed by atoms with van der Waals surface area (Å²) in [5.74, 6) is -0.548. The van der Waals surface area contributed by atoms with Gasteiger partial charge in [0.15, 0.2) is 11.5 Å². The predicted octanol–water partition coefficient (Wildman–Crippen LogP) is 2.57. The maximum Gasteiger partial charge on any atom is 0.247 e. The largest absolute Gasteiger partial charge is 0.504 e. The molecule has 16 heteroatoms. The third kappa shape index (κ3) is 9.62. The monoisotopic (exact) mass is 802 g/mol. The Morgan fingerprint density at radius 3 is 2.27 bits per heavy atom. The van der Waals surface area contributed by atoms with Crippen LogP contribution in [-0.4, -0.2) is 111 Å². The van der Waals surface area contributed by atoms with Crippen molar-refractivity contribution in [3.05, 3.63) is 105 Å². The highest BCUT2D eigenvalue weighted by Crippen LogP contribution is 2.34. The summed E-state index contributed by atoms with van der Waals surface area (Å²) in [6, 6.07) is 16.2. The van der Waals surface area contributed by atoms with Crippen molar-refractivity contribution in [3.63, 3.8) is 0 Å². The molecule has 0 spiro atoms. The van der Waals surface area contributed by atoms with Gasteiger partial charge in [-0.2, -0.15) is 0 Å². The molecule has 296 valence electrons. The van der Waals surface area contributed by atoms with Crippen LogP contribution in [0.1, 0.15) is 30.5 Å². The molecule has 8 N–H and O–H groups in total. The zero-order chi connectivity index (χ0) is 39.4.